The number of halogens is 1. The average Bonchev–Trinajstić information content (AvgIpc) is 2.87. The van der Waals surface area contributed by atoms with Gasteiger partial charge in [-0.3, -0.25) is 0 Å². The molecule has 1 N–H and O–H groups in total. The first-order chi connectivity index (χ1) is 5.81. The van der Waals surface area contributed by atoms with Gasteiger partial charge in [-0.25, -0.2) is 0 Å². The topological polar surface area (TPSA) is 20.2 Å². The summed E-state index contributed by atoms with van der Waals surface area (Å²) in [6.45, 7) is 0.158. The lowest BCUT2D eigenvalue weighted by molar-refractivity contribution is 0.280. The smallest absolute Gasteiger partial charge is 0.0685 e. The normalized spacial score (nSPS) is 16.5. The van der Waals surface area contributed by atoms with Gasteiger partial charge in [0.05, 0.1) is 6.61 Å². The summed E-state index contributed by atoms with van der Waals surface area (Å²) in [4.78, 5) is 0. The first-order valence-corrected chi connectivity index (χ1v) is 4.99. The molecule has 0 spiro atoms. The highest BCUT2D eigenvalue weighted by atomic mass is 79.9. The Morgan fingerprint density at radius 2 is 2.17 bits per heavy atom. The van der Waals surface area contributed by atoms with E-state index in [4.69, 9.17) is 5.11 Å². The Hall–Kier alpha value is -0.340. The molecule has 1 aliphatic carbocycles. The Morgan fingerprint density at radius 1 is 1.42 bits per heavy atom. The molecule has 0 aromatic heterocycles. The fraction of sp³-hybridized carbons (Fsp3) is 0.400. The lowest BCUT2D eigenvalue weighted by atomic mass is 10.0. The molecule has 1 nitrogen and oxygen atoms in total. The van der Waals surface area contributed by atoms with Crippen LogP contribution in [0.2, 0.25) is 0 Å². The van der Waals surface area contributed by atoms with Gasteiger partial charge in [-0.05, 0) is 42.0 Å². The van der Waals surface area contributed by atoms with Gasteiger partial charge in [0.1, 0.15) is 0 Å². The predicted molar refractivity (Wildman–Crippen MR) is 52.0 cm³/mol. The fourth-order valence-corrected chi connectivity index (χ4v) is 1.91. The zero-order valence-electron chi connectivity index (χ0n) is 6.76. The van der Waals surface area contributed by atoms with Crippen molar-refractivity contribution in [3.05, 3.63) is 33.8 Å². The molecule has 0 amide bonds. The highest BCUT2D eigenvalue weighted by Gasteiger charge is 2.25. The molecular weight excluding hydrogens is 216 g/mol. The Morgan fingerprint density at radius 3 is 2.75 bits per heavy atom. The number of hydrogen-bond donors (Lipinski definition) is 1. The Bertz CT molecular complexity index is 292. The number of hydrogen-bond acceptors (Lipinski definition) is 1. The Kier molecular flexibility index (Phi) is 2.20. The second-order valence-corrected chi connectivity index (χ2v) is 4.19. The minimum Gasteiger partial charge on any atom is -0.392 e. The van der Waals surface area contributed by atoms with Crippen molar-refractivity contribution < 1.29 is 5.11 Å². The molecule has 2 heteroatoms. The minimum atomic E-state index is 0.158. The van der Waals surface area contributed by atoms with Gasteiger partial charge >= 0.3 is 0 Å². The van der Waals surface area contributed by atoms with Crippen molar-refractivity contribution >= 4 is 15.9 Å². The van der Waals surface area contributed by atoms with Crippen molar-refractivity contribution in [1.29, 1.82) is 0 Å². The van der Waals surface area contributed by atoms with Crippen LogP contribution in [0.3, 0.4) is 0 Å². The summed E-state index contributed by atoms with van der Waals surface area (Å²) in [6.07, 6.45) is 2.57. The van der Waals surface area contributed by atoms with E-state index in [1.165, 1.54) is 18.4 Å². The molecule has 12 heavy (non-hydrogen) atoms. The molecule has 1 aromatic carbocycles. The Labute approximate surface area is 80.5 Å². The van der Waals surface area contributed by atoms with E-state index in [9.17, 15) is 0 Å². The molecule has 0 bridgehead atoms. The molecule has 1 aromatic rings. The molecule has 0 atom stereocenters. The molecule has 1 aliphatic rings. The maximum Gasteiger partial charge on any atom is 0.0685 e. The molecule has 0 saturated heterocycles. The van der Waals surface area contributed by atoms with E-state index in [1.54, 1.807) is 0 Å². The highest BCUT2D eigenvalue weighted by Crippen LogP contribution is 2.42. The highest BCUT2D eigenvalue weighted by molar-refractivity contribution is 9.10. The van der Waals surface area contributed by atoms with Crippen molar-refractivity contribution in [1.82, 2.24) is 0 Å². The average molecular weight is 227 g/mol. The van der Waals surface area contributed by atoms with Gasteiger partial charge in [-0.2, -0.15) is 0 Å². The van der Waals surface area contributed by atoms with Crippen LogP contribution >= 0.6 is 15.9 Å². The maximum absolute atomic E-state index is 9.10. The van der Waals surface area contributed by atoms with Crippen LogP contribution in [0.25, 0.3) is 0 Å². The lowest BCUT2D eigenvalue weighted by Gasteiger charge is -2.05. The molecule has 0 heterocycles. The molecule has 2 rings (SSSR count). The lowest BCUT2D eigenvalue weighted by Crippen LogP contribution is -1.91. The summed E-state index contributed by atoms with van der Waals surface area (Å²) in [7, 11) is 0. The van der Waals surface area contributed by atoms with Crippen LogP contribution in [0, 0.1) is 0 Å². The summed E-state index contributed by atoms with van der Waals surface area (Å²) in [5.41, 5.74) is 2.41. The van der Waals surface area contributed by atoms with Crippen LogP contribution in [0.5, 0.6) is 0 Å². The predicted octanol–water partition coefficient (Wildman–Crippen LogP) is 2.82. The van der Waals surface area contributed by atoms with Crippen molar-refractivity contribution in [3.8, 4) is 0 Å². The van der Waals surface area contributed by atoms with Gasteiger partial charge < -0.3 is 5.11 Å². The van der Waals surface area contributed by atoms with Gasteiger partial charge in [-0.15, -0.1) is 0 Å². The summed E-state index contributed by atoms with van der Waals surface area (Å²) < 4.78 is 1.05. The molecule has 1 saturated carbocycles. The largest absolute Gasteiger partial charge is 0.392 e. The van der Waals surface area contributed by atoms with Crippen molar-refractivity contribution in [2.75, 3.05) is 0 Å². The zero-order valence-corrected chi connectivity index (χ0v) is 8.34. The standard InChI is InChI=1S/C10H11BrO/c11-9-3-4-10(7-1-2-7)8(5-9)6-12/h3-5,7,12H,1-2,6H2. The molecule has 0 radical (unpaired) electrons. The fourth-order valence-electron chi connectivity index (χ4n) is 1.50. The van der Waals surface area contributed by atoms with E-state index in [0.717, 1.165) is 16.0 Å². The minimum absolute atomic E-state index is 0.158. The third-order valence-electron chi connectivity index (χ3n) is 2.29. The van der Waals surface area contributed by atoms with Crippen LogP contribution < -0.4 is 0 Å². The summed E-state index contributed by atoms with van der Waals surface area (Å²) >= 11 is 3.40. The van der Waals surface area contributed by atoms with Crippen LogP contribution in [0.4, 0.5) is 0 Å². The number of rotatable bonds is 2. The van der Waals surface area contributed by atoms with Gasteiger partial charge in [0.2, 0.25) is 0 Å². The number of benzene rings is 1. The summed E-state index contributed by atoms with van der Waals surface area (Å²) in [6, 6.07) is 6.17. The first kappa shape index (κ1) is 8.27. The Balaban J connectivity index is 2.38. The summed E-state index contributed by atoms with van der Waals surface area (Å²) in [5, 5.41) is 9.10. The first-order valence-electron chi connectivity index (χ1n) is 4.20. The van der Waals surface area contributed by atoms with E-state index in [2.05, 4.69) is 22.0 Å². The maximum atomic E-state index is 9.10. The molecule has 0 unspecified atom stereocenters. The molecule has 0 aliphatic heterocycles. The van der Waals surface area contributed by atoms with Gasteiger partial charge in [-0.1, -0.05) is 22.0 Å². The van der Waals surface area contributed by atoms with Crippen LogP contribution in [-0.2, 0) is 6.61 Å². The van der Waals surface area contributed by atoms with Gasteiger partial charge in [0.15, 0.2) is 0 Å². The van der Waals surface area contributed by atoms with E-state index >= 15 is 0 Å². The van der Waals surface area contributed by atoms with Crippen molar-refractivity contribution in [2.45, 2.75) is 25.4 Å². The van der Waals surface area contributed by atoms with Gasteiger partial charge in [0, 0.05) is 4.47 Å². The molecular formula is C10H11BrO. The monoisotopic (exact) mass is 226 g/mol. The van der Waals surface area contributed by atoms with Crippen molar-refractivity contribution in [3.63, 3.8) is 0 Å². The molecule has 64 valence electrons. The van der Waals surface area contributed by atoms with E-state index in [-0.39, 0.29) is 6.61 Å². The quantitative estimate of drug-likeness (QED) is 0.823. The summed E-state index contributed by atoms with van der Waals surface area (Å²) in [5.74, 6) is 0.722. The van der Waals surface area contributed by atoms with E-state index in [1.807, 2.05) is 12.1 Å². The number of aliphatic hydroxyl groups is 1. The van der Waals surface area contributed by atoms with Crippen molar-refractivity contribution in [2.24, 2.45) is 0 Å². The third-order valence-corrected chi connectivity index (χ3v) is 2.79. The second-order valence-electron chi connectivity index (χ2n) is 3.28. The SMILES string of the molecule is OCc1cc(Br)ccc1C1CC1. The third kappa shape index (κ3) is 1.54. The van der Waals surface area contributed by atoms with Crippen LogP contribution in [0.15, 0.2) is 22.7 Å². The van der Waals surface area contributed by atoms with E-state index < -0.39 is 0 Å². The van der Waals surface area contributed by atoms with Gasteiger partial charge in [0.25, 0.3) is 0 Å². The van der Waals surface area contributed by atoms with Crippen LogP contribution in [0.1, 0.15) is 29.9 Å². The second kappa shape index (κ2) is 3.19. The number of aliphatic hydroxyl groups excluding tert-OH is 1. The van der Waals surface area contributed by atoms with E-state index in [0.29, 0.717) is 0 Å². The molecule has 1 fully saturated rings. The van der Waals surface area contributed by atoms with Crippen LogP contribution in [-0.4, -0.2) is 5.11 Å². The zero-order chi connectivity index (χ0) is 8.55.